The topological polar surface area (TPSA) is 71.1 Å². The van der Waals surface area contributed by atoms with Gasteiger partial charge in [-0.2, -0.15) is 0 Å². The van der Waals surface area contributed by atoms with Crippen molar-refractivity contribution in [2.45, 2.75) is 32.2 Å². The number of hydrogen-bond donors (Lipinski definition) is 3. The van der Waals surface area contributed by atoms with Crippen LogP contribution in [0.4, 0.5) is 22.3 Å². The van der Waals surface area contributed by atoms with Gasteiger partial charge in [-0.1, -0.05) is 18.2 Å². The van der Waals surface area contributed by atoms with E-state index in [0.717, 1.165) is 57.8 Å². The first-order valence-corrected chi connectivity index (χ1v) is 12.5. The summed E-state index contributed by atoms with van der Waals surface area (Å²) in [4.78, 5) is 10.4. The van der Waals surface area contributed by atoms with E-state index in [4.69, 9.17) is 9.72 Å². The zero-order valence-corrected chi connectivity index (χ0v) is 20.1. The SMILES string of the molecule is Cc1cnc(Nc2ccc(OCCC3CCCN3)cc2)nc1-c1ccc(Nc2ccccc2)s1. The molecule has 5 rings (SSSR count). The Balaban J connectivity index is 1.21. The second kappa shape index (κ2) is 10.7. The van der Waals surface area contributed by atoms with Gasteiger partial charge in [-0.15, -0.1) is 11.3 Å². The van der Waals surface area contributed by atoms with Gasteiger partial charge in [-0.3, -0.25) is 0 Å². The van der Waals surface area contributed by atoms with Crippen molar-refractivity contribution >= 4 is 33.7 Å². The van der Waals surface area contributed by atoms with Gasteiger partial charge in [0, 0.05) is 23.6 Å². The van der Waals surface area contributed by atoms with Crippen molar-refractivity contribution in [1.29, 1.82) is 0 Å². The summed E-state index contributed by atoms with van der Waals surface area (Å²) < 4.78 is 5.91. The van der Waals surface area contributed by atoms with Crippen LogP contribution in [0.2, 0.25) is 0 Å². The predicted octanol–water partition coefficient (Wildman–Crippen LogP) is 6.52. The Morgan fingerprint density at radius 2 is 1.82 bits per heavy atom. The van der Waals surface area contributed by atoms with E-state index in [-0.39, 0.29) is 0 Å². The maximum atomic E-state index is 5.91. The Morgan fingerprint density at radius 3 is 2.62 bits per heavy atom. The summed E-state index contributed by atoms with van der Waals surface area (Å²) in [6.45, 7) is 3.90. The fourth-order valence-electron chi connectivity index (χ4n) is 4.03. The number of nitrogens with zero attached hydrogens (tertiary/aromatic N) is 2. The molecule has 1 aliphatic rings. The highest BCUT2D eigenvalue weighted by molar-refractivity contribution is 7.19. The quantitative estimate of drug-likeness (QED) is 0.258. The van der Waals surface area contributed by atoms with Gasteiger partial charge >= 0.3 is 0 Å². The number of aryl methyl sites for hydroxylation is 1. The summed E-state index contributed by atoms with van der Waals surface area (Å²) >= 11 is 1.68. The third-order valence-corrected chi connectivity index (χ3v) is 6.87. The lowest BCUT2D eigenvalue weighted by Gasteiger charge is -2.12. The average Bonchev–Trinajstić information content (AvgIpc) is 3.55. The minimum Gasteiger partial charge on any atom is -0.494 e. The number of hydrogen-bond acceptors (Lipinski definition) is 7. The van der Waals surface area contributed by atoms with Crippen LogP contribution >= 0.6 is 11.3 Å². The third-order valence-electron chi connectivity index (χ3n) is 5.86. The molecule has 0 amide bonds. The van der Waals surface area contributed by atoms with Crippen LogP contribution in [0, 0.1) is 6.92 Å². The molecule has 7 heteroatoms. The van der Waals surface area contributed by atoms with Crippen LogP contribution in [0.3, 0.4) is 0 Å². The molecule has 174 valence electrons. The summed E-state index contributed by atoms with van der Waals surface area (Å²) in [5.41, 5.74) is 3.97. The number of rotatable bonds is 9. The lowest BCUT2D eigenvalue weighted by Crippen LogP contribution is -2.23. The molecule has 1 atom stereocenters. The van der Waals surface area contributed by atoms with E-state index in [1.165, 1.54) is 12.8 Å². The Labute approximate surface area is 204 Å². The largest absolute Gasteiger partial charge is 0.494 e. The molecule has 0 spiro atoms. The molecule has 0 bridgehead atoms. The van der Waals surface area contributed by atoms with Crippen molar-refractivity contribution < 1.29 is 4.74 Å². The highest BCUT2D eigenvalue weighted by atomic mass is 32.1. The number of thiophene rings is 1. The highest BCUT2D eigenvalue weighted by Gasteiger charge is 2.13. The van der Waals surface area contributed by atoms with Gasteiger partial charge in [0.05, 0.1) is 22.2 Å². The van der Waals surface area contributed by atoms with Gasteiger partial charge in [0.1, 0.15) is 5.75 Å². The first-order chi connectivity index (χ1) is 16.7. The van der Waals surface area contributed by atoms with Gasteiger partial charge in [0.25, 0.3) is 0 Å². The molecule has 0 radical (unpaired) electrons. The van der Waals surface area contributed by atoms with Crippen molar-refractivity contribution in [3.05, 3.63) is 78.5 Å². The minimum atomic E-state index is 0.576. The normalized spacial score (nSPS) is 15.3. The number of nitrogens with one attached hydrogen (secondary N) is 3. The zero-order chi connectivity index (χ0) is 23.2. The molecular weight excluding hydrogens is 442 g/mol. The molecule has 1 fully saturated rings. The van der Waals surface area contributed by atoms with E-state index < -0.39 is 0 Å². The molecule has 3 heterocycles. The molecule has 1 aliphatic heterocycles. The van der Waals surface area contributed by atoms with Crippen LogP contribution < -0.4 is 20.7 Å². The molecule has 34 heavy (non-hydrogen) atoms. The van der Waals surface area contributed by atoms with Crippen LogP contribution in [0.5, 0.6) is 5.75 Å². The molecular formula is C27H29N5OS. The maximum absolute atomic E-state index is 5.91. The summed E-state index contributed by atoms with van der Waals surface area (Å²) in [5, 5.41) is 11.3. The highest BCUT2D eigenvalue weighted by Crippen LogP contribution is 2.34. The van der Waals surface area contributed by atoms with Crippen molar-refractivity contribution in [2.24, 2.45) is 0 Å². The molecule has 0 aliphatic carbocycles. The minimum absolute atomic E-state index is 0.576. The van der Waals surface area contributed by atoms with Crippen molar-refractivity contribution in [3.63, 3.8) is 0 Å². The number of benzene rings is 2. The van der Waals surface area contributed by atoms with E-state index in [0.29, 0.717) is 12.0 Å². The van der Waals surface area contributed by atoms with Crippen LogP contribution in [0.15, 0.2) is 72.9 Å². The Morgan fingerprint density at radius 1 is 1.00 bits per heavy atom. The van der Waals surface area contributed by atoms with E-state index in [2.05, 4.69) is 45.2 Å². The summed E-state index contributed by atoms with van der Waals surface area (Å²) in [6.07, 6.45) is 5.43. The van der Waals surface area contributed by atoms with Crippen LogP contribution in [-0.4, -0.2) is 29.2 Å². The van der Waals surface area contributed by atoms with Crippen molar-refractivity contribution in [3.8, 4) is 16.3 Å². The summed E-state index contributed by atoms with van der Waals surface area (Å²) in [6, 6.07) is 22.9. The van der Waals surface area contributed by atoms with E-state index in [1.807, 2.05) is 55.6 Å². The lowest BCUT2D eigenvalue weighted by atomic mass is 10.2. The van der Waals surface area contributed by atoms with Gasteiger partial charge in [0.15, 0.2) is 0 Å². The number of ether oxygens (including phenoxy) is 1. The summed E-state index contributed by atoms with van der Waals surface area (Å²) in [5.74, 6) is 1.46. The Kier molecular flexibility index (Phi) is 7.02. The molecule has 2 aromatic heterocycles. The molecule has 6 nitrogen and oxygen atoms in total. The average molecular weight is 472 g/mol. The van der Waals surface area contributed by atoms with Gasteiger partial charge in [-0.25, -0.2) is 9.97 Å². The summed E-state index contributed by atoms with van der Waals surface area (Å²) in [7, 11) is 0. The molecule has 2 aromatic carbocycles. The fourth-order valence-corrected chi connectivity index (χ4v) is 5.01. The van der Waals surface area contributed by atoms with Gasteiger partial charge in [0.2, 0.25) is 5.95 Å². The van der Waals surface area contributed by atoms with Gasteiger partial charge < -0.3 is 20.7 Å². The molecule has 3 N–H and O–H groups in total. The Bertz CT molecular complexity index is 1200. The first kappa shape index (κ1) is 22.4. The van der Waals surface area contributed by atoms with Crippen molar-refractivity contribution in [2.75, 3.05) is 23.8 Å². The maximum Gasteiger partial charge on any atom is 0.227 e. The first-order valence-electron chi connectivity index (χ1n) is 11.7. The molecule has 4 aromatic rings. The second-order valence-corrected chi connectivity index (χ2v) is 9.54. The lowest BCUT2D eigenvalue weighted by molar-refractivity contribution is 0.292. The van der Waals surface area contributed by atoms with E-state index in [9.17, 15) is 0 Å². The van der Waals surface area contributed by atoms with E-state index in [1.54, 1.807) is 11.3 Å². The van der Waals surface area contributed by atoms with Crippen LogP contribution in [-0.2, 0) is 0 Å². The number of anilines is 4. The standard InChI is InChI=1S/C27H29N5OS/c1-19-18-29-27(31-22-9-11-23(12-10-22)33-17-15-20-8-5-16-28-20)32-26(19)24-13-14-25(34-24)30-21-6-3-2-4-7-21/h2-4,6-7,9-14,18,20,28,30H,5,8,15-17H2,1H3,(H,29,31,32). The second-order valence-electron chi connectivity index (χ2n) is 8.46. The third kappa shape index (κ3) is 5.73. The predicted molar refractivity (Wildman–Crippen MR) is 141 cm³/mol. The monoisotopic (exact) mass is 471 g/mol. The van der Waals surface area contributed by atoms with Crippen LogP contribution in [0.25, 0.3) is 10.6 Å². The smallest absolute Gasteiger partial charge is 0.227 e. The van der Waals surface area contributed by atoms with Gasteiger partial charge in [-0.05, 0) is 86.8 Å². The number of para-hydroxylation sites is 1. The van der Waals surface area contributed by atoms with Crippen molar-refractivity contribution in [1.82, 2.24) is 15.3 Å². The molecule has 1 unspecified atom stereocenters. The fraction of sp³-hybridized carbons (Fsp3) is 0.259. The Hall–Kier alpha value is -3.42. The van der Waals surface area contributed by atoms with E-state index >= 15 is 0 Å². The zero-order valence-electron chi connectivity index (χ0n) is 19.3. The van der Waals surface area contributed by atoms with Crippen LogP contribution in [0.1, 0.15) is 24.8 Å². The molecule has 0 saturated carbocycles. The molecule has 1 saturated heterocycles. The number of aromatic nitrogens is 2.